The summed E-state index contributed by atoms with van der Waals surface area (Å²) >= 11 is 3.59. The van der Waals surface area contributed by atoms with Gasteiger partial charge >= 0.3 is 0 Å². The van der Waals surface area contributed by atoms with Crippen molar-refractivity contribution in [3.63, 3.8) is 0 Å². The number of hydrogen-bond donors (Lipinski definition) is 1. The predicted octanol–water partition coefficient (Wildman–Crippen LogP) is 3.83. The van der Waals surface area contributed by atoms with Gasteiger partial charge in [-0.1, -0.05) is 6.07 Å². The summed E-state index contributed by atoms with van der Waals surface area (Å²) < 4.78 is 2.97. The molecule has 0 saturated carbocycles. The predicted molar refractivity (Wildman–Crippen MR) is 82.6 cm³/mol. The van der Waals surface area contributed by atoms with Crippen LogP contribution in [-0.4, -0.2) is 15.3 Å². The molecule has 0 radical (unpaired) electrons. The Morgan fingerprint density at radius 1 is 1.26 bits per heavy atom. The van der Waals surface area contributed by atoms with E-state index in [1.807, 2.05) is 16.9 Å². The van der Waals surface area contributed by atoms with Gasteiger partial charge in [-0.15, -0.1) is 0 Å². The van der Waals surface area contributed by atoms with Gasteiger partial charge in [0, 0.05) is 22.8 Å². The fraction of sp³-hybridized carbons (Fsp3) is 0.400. The first kappa shape index (κ1) is 14.3. The standard InChI is InChI=1S/C15H20BrN3/c1-11-5-6-14(13(16)9-11)19-8-7-12(18-19)10-17-15(2,3)4/h5-9,17H,10H2,1-4H3. The van der Waals surface area contributed by atoms with Gasteiger partial charge in [-0.2, -0.15) is 5.10 Å². The zero-order valence-electron chi connectivity index (χ0n) is 11.9. The Morgan fingerprint density at radius 2 is 2.00 bits per heavy atom. The lowest BCUT2D eigenvalue weighted by molar-refractivity contribution is 0.420. The molecule has 1 aromatic heterocycles. The van der Waals surface area contributed by atoms with Crippen molar-refractivity contribution in [1.29, 1.82) is 0 Å². The molecule has 1 aromatic carbocycles. The van der Waals surface area contributed by atoms with Crippen LogP contribution in [0.1, 0.15) is 32.0 Å². The first-order valence-corrected chi connectivity index (χ1v) is 7.20. The number of rotatable bonds is 3. The maximum absolute atomic E-state index is 4.60. The number of nitrogens with zero attached hydrogens (tertiary/aromatic N) is 2. The fourth-order valence-corrected chi connectivity index (χ4v) is 2.42. The van der Waals surface area contributed by atoms with E-state index < -0.39 is 0 Å². The van der Waals surface area contributed by atoms with E-state index in [-0.39, 0.29) is 5.54 Å². The number of aryl methyl sites for hydroxylation is 1. The molecule has 0 fully saturated rings. The molecule has 1 heterocycles. The number of halogens is 1. The van der Waals surface area contributed by atoms with Gasteiger partial charge in [-0.3, -0.25) is 0 Å². The zero-order valence-corrected chi connectivity index (χ0v) is 13.5. The monoisotopic (exact) mass is 321 g/mol. The molecule has 102 valence electrons. The molecule has 2 rings (SSSR count). The van der Waals surface area contributed by atoms with Crippen LogP contribution in [0.15, 0.2) is 34.9 Å². The van der Waals surface area contributed by atoms with Crippen LogP contribution >= 0.6 is 15.9 Å². The van der Waals surface area contributed by atoms with Gasteiger partial charge in [-0.25, -0.2) is 4.68 Å². The van der Waals surface area contributed by atoms with Crippen molar-refractivity contribution in [3.8, 4) is 5.69 Å². The summed E-state index contributed by atoms with van der Waals surface area (Å²) in [6, 6.07) is 8.32. The van der Waals surface area contributed by atoms with Crippen molar-refractivity contribution in [3.05, 3.63) is 46.2 Å². The summed E-state index contributed by atoms with van der Waals surface area (Å²) in [6.45, 7) is 9.32. The quantitative estimate of drug-likeness (QED) is 0.931. The normalized spacial score (nSPS) is 11.8. The molecule has 0 saturated heterocycles. The summed E-state index contributed by atoms with van der Waals surface area (Å²) in [5, 5.41) is 8.04. The summed E-state index contributed by atoms with van der Waals surface area (Å²) in [5.41, 5.74) is 3.45. The summed E-state index contributed by atoms with van der Waals surface area (Å²) in [7, 11) is 0. The summed E-state index contributed by atoms with van der Waals surface area (Å²) in [6.07, 6.45) is 2.00. The molecule has 0 atom stereocenters. The molecule has 0 bridgehead atoms. The Bertz CT molecular complexity index is 567. The highest BCUT2D eigenvalue weighted by molar-refractivity contribution is 9.10. The molecule has 0 aliphatic rings. The molecule has 1 N–H and O–H groups in total. The lowest BCUT2D eigenvalue weighted by Crippen LogP contribution is -2.35. The van der Waals surface area contributed by atoms with E-state index in [9.17, 15) is 0 Å². The highest BCUT2D eigenvalue weighted by Gasteiger charge is 2.10. The molecule has 4 heteroatoms. The smallest absolute Gasteiger partial charge is 0.0787 e. The Hall–Kier alpha value is -1.13. The minimum Gasteiger partial charge on any atom is -0.306 e. The Morgan fingerprint density at radius 3 is 2.63 bits per heavy atom. The van der Waals surface area contributed by atoms with Crippen molar-refractivity contribution in [2.75, 3.05) is 0 Å². The largest absolute Gasteiger partial charge is 0.306 e. The van der Waals surface area contributed by atoms with Crippen LogP contribution < -0.4 is 5.32 Å². The zero-order chi connectivity index (χ0) is 14.0. The SMILES string of the molecule is Cc1ccc(-n2ccc(CNC(C)(C)C)n2)c(Br)c1. The maximum Gasteiger partial charge on any atom is 0.0787 e. The lowest BCUT2D eigenvalue weighted by atomic mass is 10.1. The molecule has 19 heavy (non-hydrogen) atoms. The number of nitrogens with one attached hydrogen (secondary N) is 1. The average Bonchev–Trinajstić information content (AvgIpc) is 2.74. The maximum atomic E-state index is 4.60. The van der Waals surface area contributed by atoms with Crippen LogP contribution in [0.5, 0.6) is 0 Å². The van der Waals surface area contributed by atoms with Crippen LogP contribution in [0.2, 0.25) is 0 Å². The van der Waals surface area contributed by atoms with E-state index in [0.717, 1.165) is 22.4 Å². The van der Waals surface area contributed by atoms with Crippen LogP contribution in [-0.2, 0) is 6.54 Å². The highest BCUT2D eigenvalue weighted by atomic mass is 79.9. The second-order valence-corrected chi connectivity index (χ2v) is 6.66. The second-order valence-electron chi connectivity index (χ2n) is 5.81. The molecule has 0 spiro atoms. The third kappa shape index (κ3) is 3.91. The van der Waals surface area contributed by atoms with Gasteiger partial charge in [0.2, 0.25) is 0 Å². The summed E-state index contributed by atoms with van der Waals surface area (Å²) in [4.78, 5) is 0. The summed E-state index contributed by atoms with van der Waals surface area (Å²) in [5.74, 6) is 0. The highest BCUT2D eigenvalue weighted by Crippen LogP contribution is 2.21. The van der Waals surface area contributed by atoms with Crippen LogP contribution in [0.4, 0.5) is 0 Å². The van der Waals surface area contributed by atoms with Crippen molar-refractivity contribution in [1.82, 2.24) is 15.1 Å². The van der Waals surface area contributed by atoms with Crippen molar-refractivity contribution in [2.45, 2.75) is 39.8 Å². The molecule has 0 amide bonds. The fourth-order valence-electron chi connectivity index (χ4n) is 1.74. The third-order valence-corrected chi connectivity index (χ3v) is 3.43. The molecular formula is C15H20BrN3. The van der Waals surface area contributed by atoms with E-state index in [2.05, 4.69) is 72.2 Å². The van der Waals surface area contributed by atoms with Crippen molar-refractivity contribution in [2.24, 2.45) is 0 Å². The van der Waals surface area contributed by atoms with Gasteiger partial charge < -0.3 is 5.32 Å². The molecule has 3 nitrogen and oxygen atoms in total. The molecule has 0 aliphatic heterocycles. The molecule has 0 aliphatic carbocycles. The van der Waals surface area contributed by atoms with Crippen molar-refractivity contribution < 1.29 is 0 Å². The first-order chi connectivity index (χ1) is 8.85. The van der Waals surface area contributed by atoms with E-state index >= 15 is 0 Å². The minimum atomic E-state index is 0.105. The number of benzene rings is 1. The topological polar surface area (TPSA) is 29.9 Å². The van der Waals surface area contributed by atoms with Gasteiger partial charge in [0.15, 0.2) is 0 Å². The Balaban J connectivity index is 2.16. The second kappa shape index (κ2) is 5.47. The molecule has 0 unspecified atom stereocenters. The van der Waals surface area contributed by atoms with E-state index in [1.165, 1.54) is 5.56 Å². The van der Waals surface area contributed by atoms with Gasteiger partial charge in [0.05, 0.1) is 11.4 Å². The number of aromatic nitrogens is 2. The number of hydrogen-bond acceptors (Lipinski definition) is 2. The Kier molecular flexibility index (Phi) is 4.11. The van der Waals surface area contributed by atoms with Gasteiger partial charge in [-0.05, 0) is 67.4 Å². The molecular weight excluding hydrogens is 302 g/mol. The van der Waals surface area contributed by atoms with Crippen LogP contribution in [0, 0.1) is 6.92 Å². The Labute approximate surface area is 123 Å². The van der Waals surface area contributed by atoms with Crippen molar-refractivity contribution >= 4 is 15.9 Å². The van der Waals surface area contributed by atoms with E-state index in [1.54, 1.807) is 0 Å². The van der Waals surface area contributed by atoms with E-state index in [4.69, 9.17) is 0 Å². The average molecular weight is 322 g/mol. The van der Waals surface area contributed by atoms with Crippen LogP contribution in [0.25, 0.3) is 5.69 Å². The lowest BCUT2D eigenvalue weighted by Gasteiger charge is -2.19. The van der Waals surface area contributed by atoms with Gasteiger partial charge in [0.25, 0.3) is 0 Å². The third-order valence-electron chi connectivity index (χ3n) is 2.79. The molecule has 2 aromatic rings. The van der Waals surface area contributed by atoms with Crippen LogP contribution in [0.3, 0.4) is 0 Å². The first-order valence-electron chi connectivity index (χ1n) is 6.41. The minimum absolute atomic E-state index is 0.105. The van der Waals surface area contributed by atoms with E-state index in [0.29, 0.717) is 0 Å². The van der Waals surface area contributed by atoms with Gasteiger partial charge in [0.1, 0.15) is 0 Å².